The van der Waals surface area contributed by atoms with Gasteiger partial charge in [0.05, 0.1) is 33.3 Å². The zero-order chi connectivity index (χ0) is 24.0. The van der Waals surface area contributed by atoms with E-state index in [2.05, 4.69) is 5.32 Å². The van der Waals surface area contributed by atoms with Gasteiger partial charge in [0, 0.05) is 24.2 Å². The molecule has 0 spiro atoms. The molecule has 10 heteroatoms. The molecular weight excluding hydrogens is 469 g/mol. The number of carbonyl (C=O) groups excluding carboxylic acids is 2. The molecule has 3 aromatic rings. The van der Waals surface area contributed by atoms with E-state index in [1.165, 1.54) is 17.0 Å². The van der Waals surface area contributed by atoms with Gasteiger partial charge in [-0.15, -0.1) is 0 Å². The Balaban J connectivity index is 1.68. The van der Waals surface area contributed by atoms with Gasteiger partial charge in [-0.05, 0) is 36.4 Å². The summed E-state index contributed by atoms with van der Waals surface area (Å²) >= 11 is 12.0. The van der Waals surface area contributed by atoms with Crippen LogP contribution in [-0.2, 0) is 0 Å². The SMILES string of the molecule is CN(CCOc1cccc(Cl)c1)C(=O)c1ccccc1NC(=O)c1ccc([N+](=O)[O-])cc1Cl. The minimum absolute atomic E-state index is 0.0489. The van der Waals surface area contributed by atoms with Crippen LogP contribution in [0.3, 0.4) is 0 Å². The molecule has 0 aromatic heterocycles. The highest BCUT2D eigenvalue weighted by atomic mass is 35.5. The first kappa shape index (κ1) is 24.0. The van der Waals surface area contributed by atoms with E-state index in [9.17, 15) is 19.7 Å². The van der Waals surface area contributed by atoms with Crippen LogP contribution in [0.2, 0.25) is 10.0 Å². The molecule has 0 radical (unpaired) electrons. The normalized spacial score (nSPS) is 10.4. The molecule has 0 bridgehead atoms. The maximum absolute atomic E-state index is 13.0. The van der Waals surface area contributed by atoms with Gasteiger partial charge in [0.2, 0.25) is 0 Å². The summed E-state index contributed by atoms with van der Waals surface area (Å²) in [5, 5.41) is 14.0. The van der Waals surface area contributed by atoms with Gasteiger partial charge in [-0.2, -0.15) is 0 Å². The lowest BCUT2D eigenvalue weighted by atomic mass is 10.1. The third-order valence-corrected chi connectivity index (χ3v) is 5.20. The van der Waals surface area contributed by atoms with Crippen LogP contribution in [0.25, 0.3) is 0 Å². The molecule has 0 aliphatic rings. The zero-order valence-corrected chi connectivity index (χ0v) is 19.0. The predicted molar refractivity (Wildman–Crippen MR) is 126 cm³/mol. The molecule has 0 atom stereocenters. The second kappa shape index (κ2) is 10.8. The van der Waals surface area contributed by atoms with Gasteiger partial charge in [0.25, 0.3) is 17.5 Å². The quantitative estimate of drug-likeness (QED) is 0.342. The van der Waals surface area contributed by atoms with Crippen molar-refractivity contribution in [3.05, 3.63) is 98.0 Å². The van der Waals surface area contributed by atoms with E-state index in [1.807, 2.05) is 0 Å². The third kappa shape index (κ3) is 6.21. The molecule has 2 amide bonds. The summed E-state index contributed by atoms with van der Waals surface area (Å²) in [7, 11) is 1.62. The van der Waals surface area contributed by atoms with Crippen LogP contribution in [0.15, 0.2) is 66.7 Å². The highest BCUT2D eigenvalue weighted by Gasteiger charge is 2.19. The lowest BCUT2D eigenvalue weighted by molar-refractivity contribution is -0.384. The van der Waals surface area contributed by atoms with Gasteiger partial charge in [0.15, 0.2) is 0 Å². The molecule has 0 aliphatic heterocycles. The second-order valence-electron chi connectivity index (χ2n) is 6.95. The van der Waals surface area contributed by atoms with Crippen molar-refractivity contribution in [2.75, 3.05) is 25.5 Å². The molecule has 0 heterocycles. The van der Waals surface area contributed by atoms with Crippen LogP contribution in [-0.4, -0.2) is 41.8 Å². The molecule has 170 valence electrons. The molecule has 33 heavy (non-hydrogen) atoms. The van der Waals surface area contributed by atoms with Gasteiger partial charge in [-0.25, -0.2) is 0 Å². The van der Waals surface area contributed by atoms with Gasteiger partial charge < -0.3 is 15.0 Å². The summed E-state index contributed by atoms with van der Waals surface area (Å²) in [6, 6.07) is 17.0. The van der Waals surface area contributed by atoms with Gasteiger partial charge in [-0.3, -0.25) is 19.7 Å². The van der Waals surface area contributed by atoms with Crippen molar-refractivity contribution >= 4 is 46.4 Å². The third-order valence-electron chi connectivity index (χ3n) is 4.65. The number of ether oxygens (including phenoxy) is 1. The Morgan fingerprint density at radius 2 is 1.79 bits per heavy atom. The van der Waals surface area contributed by atoms with Crippen molar-refractivity contribution < 1.29 is 19.2 Å². The number of carbonyl (C=O) groups is 2. The minimum Gasteiger partial charge on any atom is -0.492 e. The Labute approximate surface area is 199 Å². The predicted octanol–water partition coefficient (Wildman–Crippen LogP) is 5.30. The van der Waals surface area contributed by atoms with Crippen LogP contribution in [0.4, 0.5) is 11.4 Å². The van der Waals surface area contributed by atoms with Crippen LogP contribution in [0.1, 0.15) is 20.7 Å². The number of hydrogen-bond acceptors (Lipinski definition) is 5. The number of benzene rings is 3. The Kier molecular flexibility index (Phi) is 7.87. The van der Waals surface area contributed by atoms with E-state index in [4.69, 9.17) is 27.9 Å². The fourth-order valence-electron chi connectivity index (χ4n) is 2.93. The van der Waals surface area contributed by atoms with Crippen molar-refractivity contribution in [2.24, 2.45) is 0 Å². The summed E-state index contributed by atoms with van der Waals surface area (Å²) in [4.78, 5) is 37.4. The van der Waals surface area contributed by atoms with Crippen LogP contribution in [0.5, 0.6) is 5.75 Å². The molecule has 0 saturated heterocycles. The first-order valence-electron chi connectivity index (χ1n) is 9.74. The maximum atomic E-state index is 13.0. The van der Waals surface area contributed by atoms with E-state index in [0.717, 1.165) is 6.07 Å². The maximum Gasteiger partial charge on any atom is 0.270 e. The fraction of sp³-hybridized carbons (Fsp3) is 0.130. The fourth-order valence-corrected chi connectivity index (χ4v) is 3.38. The summed E-state index contributed by atoms with van der Waals surface area (Å²) < 4.78 is 5.63. The Morgan fingerprint density at radius 1 is 1.03 bits per heavy atom. The number of amides is 2. The van der Waals surface area contributed by atoms with Gasteiger partial charge in [-0.1, -0.05) is 41.4 Å². The van der Waals surface area contributed by atoms with Crippen molar-refractivity contribution in [3.63, 3.8) is 0 Å². The number of nitrogens with one attached hydrogen (secondary N) is 1. The molecule has 3 rings (SSSR count). The number of non-ortho nitro benzene ring substituents is 1. The molecule has 0 fully saturated rings. The van der Waals surface area contributed by atoms with Crippen LogP contribution < -0.4 is 10.1 Å². The number of nitro groups is 1. The minimum atomic E-state index is -0.604. The number of rotatable bonds is 8. The van der Waals surface area contributed by atoms with E-state index >= 15 is 0 Å². The second-order valence-corrected chi connectivity index (χ2v) is 7.80. The van der Waals surface area contributed by atoms with E-state index in [0.29, 0.717) is 17.3 Å². The molecule has 3 aromatic carbocycles. The number of anilines is 1. The van der Waals surface area contributed by atoms with Crippen LogP contribution >= 0.6 is 23.2 Å². The lowest BCUT2D eigenvalue weighted by Gasteiger charge is -2.19. The van der Waals surface area contributed by atoms with E-state index in [-0.39, 0.29) is 40.0 Å². The number of para-hydroxylation sites is 1. The standard InChI is InChI=1S/C23H19Cl2N3O5/c1-27(11-12-33-17-6-4-5-15(24)13-17)23(30)19-7-2-3-8-21(19)26-22(29)18-10-9-16(28(31)32)14-20(18)25/h2-10,13-14H,11-12H2,1H3,(H,26,29). The van der Waals surface area contributed by atoms with Crippen LogP contribution in [0, 0.1) is 10.1 Å². The largest absolute Gasteiger partial charge is 0.492 e. The highest BCUT2D eigenvalue weighted by molar-refractivity contribution is 6.34. The van der Waals surface area contributed by atoms with Crippen molar-refractivity contribution in [1.82, 2.24) is 4.90 Å². The Hall–Kier alpha value is -3.62. The number of likely N-dealkylation sites (N-methyl/N-ethyl adjacent to an activating group) is 1. The van der Waals surface area contributed by atoms with Gasteiger partial charge >= 0.3 is 0 Å². The van der Waals surface area contributed by atoms with Crippen molar-refractivity contribution in [1.29, 1.82) is 0 Å². The topological polar surface area (TPSA) is 102 Å². The van der Waals surface area contributed by atoms with E-state index < -0.39 is 10.8 Å². The van der Waals surface area contributed by atoms with Crippen molar-refractivity contribution in [2.45, 2.75) is 0 Å². The smallest absolute Gasteiger partial charge is 0.270 e. The number of halogens is 2. The summed E-state index contributed by atoms with van der Waals surface area (Å²) in [5.74, 6) is -0.325. The monoisotopic (exact) mass is 487 g/mol. The first-order chi connectivity index (χ1) is 15.8. The first-order valence-corrected chi connectivity index (χ1v) is 10.5. The number of hydrogen-bond donors (Lipinski definition) is 1. The van der Waals surface area contributed by atoms with Crippen molar-refractivity contribution in [3.8, 4) is 5.75 Å². The molecule has 8 nitrogen and oxygen atoms in total. The van der Waals surface area contributed by atoms with E-state index in [1.54, 1.807) is 55.6 Å². The Bertz CT molecular complexity index is 1200. The molecule has 0 aliphatic carbocycles. The number of nitrogens with zero attached hydrogens (tertiary/aromatic N) is 2. The number of nitro benzene ring substituents is 1. The summed E-state index contributed by atoms with van der Waals surface area (Å²) in [5.41, 5.74) is 0.375. The molecule has 0 unspecified atom stereocenters. The summed E-state index contributed by atoms with van der Waals surface area (Å²) in [6.07, 6.45) is 0. The summed E-state index contributed by atoms with van der Waals surface area (Å²) in [6.45, 7) is 0.539. The molecular formula is C23H19Cl2N3O5. The highest BCUT2D eigenvalue weighted by Crippen LogP contribution is 2.25. The zero-order valence-electron chi connectivity index (χ0n) is 17.5. The van der Waals surface area contributed by atoms with Gasteiger partial charge in [0.1, 0.15) is 12.4 Å². The molecule has 0 saturated carbocycles. The Morgan fingerprint density at radius 3 is 2.48 bits per heavy atom. The average Bonchev–Trinajstić information content (AvgIpc) is 2.78. The average molecular weight is 488 g/mol. The molecule has 1 N–H and O–H groups in total. The lowest BCUT2D eigenvalue weighted by Crippen LogP contribution is -2.31.